The second-order valence-electron chi connectivity index (χ2n) is 5.56. The SMILES string of the molecule is COc1cc(F)ccc1-c1cc(C(Cl)CC(C)C)c(C)o1. The van der Waals surface area contributed by atoms with E-state index in [1.54, 1.807) is 6.07 Å². The summed E-state index contributed by atoms with van der Waals surface area (Å²) >= 11 is 6.45. The Balaban J connectivity index is 2.38. The zero-order valence-corrected chi connectivity index (χ0v) is 13.5. The van der Waals surface area contributed by atoms with Crippen LogP contribution in [0.2, 0.25) is 0 Å². The van der Waals surface area contributed by atoms with Crippen molar-refractivity contribution in [3.05, 3.63) is 41.4 Å². The first kappa shape index (κ1) is 15.9. The fraction of sp³-hybridized carbons (Fsp3) is 0.412. The van der Waals surface area contributed by atoms with Gasteiger partial charge < -0.3 is 9.15 Å². The number of methoxy groups -OCH3 is 1. The summed E-state index contributed by atoms with van der Waals surface area (Å²) in [5.41, 5.74) is 1.70. The molecule has 4 heteroatoms. The lowest BCUT2D eigenvalue weighted by molar-refractivity contribution is 0.411. The lowest BCUT2D eigenvalue weighted by Gasteiger charge is -2.10. The van der Waals surface area contributed by atoms with Gasteiger partial charge in [0.05, 0.1) is 18.1 Å². The van der Waals surface area contributed by atoms with Crippen molar-refractivity contribution in [1.29, 1.82) is 0 Å². The van der Waals surface area contributed by atoms with Crippen LogP contribution in [0.3, 0.4) is 0 Å². The summed E-state index contributed by atoms with van der Waals surface area (Å²) in [5, 5.41) is -0.0889. The minimum absolute atomic E-state index is 0.0889. The Bertz CT molecular complexity index is 619. The number of aryl methyl sites for hydroxylation is 1. The lowest BCUT2D eigenvalue weighted by Crippen LogP contribution is -1.96. The van der Waals surface area contributed by atoms with Gasteiger partial charge in [0, 0.05) is 11.6 Å². The number of halogens is 2. The van der Waals surface area contributed by atoms with Gasteiger partial charge in [-0.1, -0.05) is 13.8 Å². The first-order valence-corrected chi connectivity index (χ1v) is 7.44. The number of furan rings is 1. The van der Waals surface area contributed by atoms with Crippen LogP contribution in [0.25, 0.3) is 11.3 Å². The average Bonchev–Trinajstić information content (AvgIpc) is 2.79. The summed E-state index contributed by atoms with van der Waals surface area (Å²) in [6.45, 7) is 6.16. The van der Waals surface area contributed by atoms with E-state index in [-0.39, 0.29) is 11.2 Å². The third-order valence-electron chi connectivity index (χ3n) is 3.40. The van der Waals surface area contributed by atoms with Gasteiger partial charge in [0.15, 0.2) is 0 Å². The van der Waals surface area contributed by atoms with Crippen LogP contribution in [0, 0.1) is 18.7 Å². The number of rotatable bonds is 5. The van der Waals surface area contributed by atoms with Crippen molar-refractivity contribution in [2.24, 2.45) is 5.92 Å². The molecular formula is C17H20ClFO2. The lowest BCUT2D eigenvalue weighted by atomic mass is 10.0. The third-order valence-corrected chi connectivity index (χ3v) is 3.81. The molecule has 0 amide bonds. The fourth-order valence-electron chi connectivity index (χ4n) is 2.35. The van der Waals surface area contributed by atoms with Gasteiger partial charge in [0.25, 0.3) is 0 Å². The molecule has 21 heavy (non-hydrogen) atoms. The van der Waals surface area contributed by atoms with Crippen molar-refractivity contribution in [1.82, 2.24) is 0 Å². The Labute approximate surface area is 129 Å². The maximum atomic E-state index is 13.3. The van der Waals surface area contributed by atoms with Gasteiger partial charge in [0.1, 0.15) is 23.1 Å². The minimum Gasteiger partial charge on any atom is -0.496 e. The molecule has 1 aromatic carbocycles. The Morgan fingerprint density at radius 1 is 1.29 bits per heavy atom. The van der Waals surface area contributed by atoms with Crippen LogP contribution in [0.5, 0.6) is 5.75 Å². The Morgan fingerprint density at radius 2 is 2.00 bits per heavy atom. The number of ether oxygens (including phenoxy) is 1. The van der Waals surface area contributed by atoms with E-state index >= 15 is 0 Å². The third kappa shape index (κ3) is 3.59. The monoisotopic (exact) mass is 310 g/mol. The molecule has 2 aromatic rings. The summed E-state index contributed by atoms with van der Waals surface area (Å²) in [5.74, 6) is 2.05. The highest BCUT2D eigenvalue weighted by atomic mass is 35.5. The average molecular weight is 311 g/mol. The molecule has 0 aliphatic rings. The minimum atomic E-state index is -0.339. The second kappa shape index (κ2) is 6.52. The molecule has 0 saturated carbocycles. The van der Waals surface area contributed by atoms with Crippen LogP contribution in [0.15, 0.2) is 28.7 Å². The smallest absolute Gasteiger partial charge is 0.138 e. The zero-order valence-electron chi connectivity index (χ0n) is 12.7. The molecule has 0 N–H and O–H groups in total. The standard InChI is InChI=1S/C17H20ClFO2/c1-10(2)7-15(18)14-9-17(21-11(14)3)13-6-5-12(19)8-16(13)20-4/h5-6,8-10,15H,7H2,1-4H3. The van der Waals surface area contributed by atoms with Crippen molar-refractivity contribution < 1.29 is 13.5 Å². The highest BCUT2D eigenvalue weighted by molar-refractivity contribution is 6.20. The van der Waals surface area contributed by atoms with E-state index in [9.17, 15) is 4.39 Å². The van der Waals surface area contributed by atoms with Gasteiger partial charge in [-0.25, -0.2) is 4.39 Å². The van der Waals surface area contributed by atoms with E-state index in [1.165, 1.54) is 19.2 Å². The van der Waals surface area contributed by atoms with Crippen molar-refractivity contribution in [3.63, 3.8) is 0 Å². The van der Waals surface area contributed by atoms with E-state index < -0.39 is 0 Å². The summed E-state index contributed by atoms with van der Waals surface area (Å²) in [4.78, 5) is 0. The summed E-state index contributed by atoms with van der Waals surface area (Å²) in [7, 11) is 1.51. The molecule has 0 radical (unpaired) electrons. The van der Waals surface area contributed by atoms with Crippen LogP contribution in [0.1, 0.15) is 37.0 Å². The highest BCUT2D eigenvalue weighted by Gasteiger charge is 2.19. The van der Waals surface area contributed by atoms with Gasteiger partial charge in [-0.3, -0.25) is 0 Å². The van der Waals surface area contributed by atoms with Crippen LogP contribution in [-0.2, 0) is 0 Å². The van der Waals surface area contributed by atoms with Gasteiger partial charge in [-0.05, 0) is 37.5 Å². The van der Waals surface area contributed by atoms with Crippen molar-refractivity contribution in [2.75, 3.05) is 7.11 Å². The van der Waals surface area contributed by atoms with Gasteiger partial charge >= 0.3 is 0 Å². The van der Waals surface area contributed by atoms with E-state index in [2.05, 4.69) is 13.8 Å². The first-order chi connectivity index (χ1) is 9.92. The largest absolute Gasteiger partial charge is 0.496 e. The molecule has 0 spiro atoms. The molecular weight excluding hydrogens is 291 g/mol. The zero-order chi connectivity index (χ0) is 15.6. The molecule has 2 rings (SSSR count). The van der Waals surface area contributed by atoms with Crippen LogP contribution in [-0.4, -0.2) is 7.11 Å². The Kier molecular flexibility index (Phi) is 4.94. The van der Waals surface area contributed by atoms with Crippen molar-refractivity contribution >= 4 is 11.6 Å². The van der Waals surface area contributed by atoms with Crippen LogP contribution >= 0.6 is 11.6 Å². The second-order valence-corrected chi connectivity index (χ2v) is 6.09. The molecule has 114 valence electrons. The highest BCUT2D eigenvalue weighted by Crippen LogP contribution is 2.38. The molecule has 0 bridgehead atoms. The van der Waals surface area contributed by atoms with E-state index in [1.807, 2.05) is 13.0 Å². The molecule has 0 aliphatic heterocycles. The molecule has 1 atom stereocenters. The van der Waals surface area contributed by atoms with Crippen molar-refractivity contribution in [3.8, 4) is 17.1 Å². The number of alkyl halides is 1. The maximum Gasteiger partial charge on any atom is 0.138 e. The molecule has 0 saturated heterocycles. The Morgan fingerprint density at radius 3 is 2.62 bits per heavy atom. The number of benzene rings is 1. The predicted octanol–water partition coefficient (Wildman–Crippen LogP) is 5.73. The quantitative estimate of drug-likeness (QED) is 0.658. The summed E-state index contributed by atoms with van der Waals surface area (Å²) in [6.07, 6.45) is 0.877. The van der Waals surface area contributed by atoms with E-state index in [0.29, 0.717) is 17.4 Å². The number of hydrogen-bond donors (Lipinski definition) is 0. The molecule has 1 heterocycles. The number of hydrogen-bond acceptors (Lipinski definition) is 2. The topological polar surface area (TPSA) is 22.4 Å². The summed E-state index contributed by atoms with van der Waals surface area (Å²) in [6, 6.07) is 6.31. The van der Waals surface area contributed by atoms with Crippen molar-refractivity contribution in [2.45, 2.75) is 32.6 Å². The molecule has 0 fully saturated rings. The van der Waals surface area contributed by atoms with Gasteiger partial charge in [0.2, 0.25) is 0 Å². The predicted molar refractivity (Wildman–Crippen MR) is 83.4 cm³/mol. The molecule has 0 aliphatic carbocycles. The molecule has 2 nitrogen and oxygen atoms in total. The first-order valence-electron chi connectivity index (χ1n) is 7.00. The Hall–Kier alpha value is -1.48. The maximum absolute atomic E-state index is 13.3. The van der Waals surface area contributed by atoms with Gasteiger partial charge in [-0.2, -0.15) is 0 Å². The van der Waals surface area contributed by atoms with Crippen LogP contribution in [0.4, 0.5) is 4.39 Å². The molecule has 1 unspecified atom stereocenters. The normalized spacial score (nSPS) is 12.7. The van der Waals surface area contributed by atoms with E-state index in [0.717, 1.165) is 23.3 Å². The van der Waals surface area contributed by atoms with Gasteiger partial charge in [-0.15, -0.1) is 11.6 Å². The summed E-state index contributed by atoms with van der Waals surface area (Å²) < 4.78 is 24.3. The van der Waals surface area contributed by atoms with Crippen LogP contribution < -0.4 is 4.74 Å². The van der Waals surface area contributed by atoms with E-state index in [4.69, 9.17) is 20.8 Å². The fourth-order valence-corrected chi connectivity index (χ4v) is 2.92. The molecule has 1 aromatic heterocycles.